The lowest BCUT2D eigenvalue weighted by atomic mass is 9.83. The van der Waals surface area contributed by atoms with Gasteiger partial charge in [-0.2, -0.15) is 0 Å². The van der Waals surface area contributed by atoms with Gasteiger partial charge in [-0.05, 0) is 43.2 Å². The first-order chi connectivity index (χ1) is 10.2. The molecule has 2 aliphatic heterocycles. The number of likely N-dealkylation sites (tertiary alicyclic amines) is 1. The van der Waals surface area contributed by atoms with E-state index in [9.17, 15) is 4.79 Å². The Labute approximate surface area is 127 Å². The summed E-state index contributed by atoms with van der Waals surface area (Å²) in [6.45, 7) is 6.09. The van der Waals surface area contributed by atoms with Gasteiger partial charge >= 0.3 is 0 Å². The molecule has 1 N–H and O–H groups in total. The maximum Gasteiger partial charge on any atom is 0.227 e. The first-order valence-corrected chi connectivity index (χ1v) is 8.20. The summed E-state index contributed by atoms with van der Waals surface area (Å²) in [6.07, 6.45) is 4.44. The third-order valence-electron chi connectivity index (χ3n) is 5.14. The zero-order valence-electron chi connectivity index (χ0n) is 13.0. The molecule has 3 nitrogen and oxygen atoms in total. The molecule has 1 aromatic carbocycles. The SMILES string of the molecule is CC1(CCc2ccccc2)CCN(C(=O)C2CCNC2)C1. The Morgan fingerprint density at radius 2 is 2.19 bits per heavy atom. The van der Waals surface area contributed by atoms with Gasteiger partial charge in [0, 0.05) is 19.6 Å². The molecule has 0 aliphatic carbocycles. The largest absolute Gasteiger partial charge is 0.342 e. The third kappa shape index (κ3) is 3.46. The van der Waals surface area contributed by atoms with Crippen LogP contribution in [0.2, 0.25) is 0 Å². The van der Waals surface area contributed by atoms with Crippen LogP contribution in [-0.2, 0) is 11.2 Å². The lowest BCUT2D eigenvalue weighted by molar-refractivity contribution is -0.134. The molecule has 21 heavy (non-hydrogen) atoms. The Kier molecular flexibility index (Phi) is 4.29. The molecule has 114 valence electrons. The molecule has 0 aromatic heterocycles. The van der Waals surface area contributed by atoms with E-state index < -0.39 is 0 Å². The van der Waals surface area contributed by atoms with Crippen LogP contribution in [0.5, 0.6) is 0 Å². The lowest BCUT2D eigenvalue weighted by Crippen LogP contribution is -2.36. The number of carbonyl (C=O) groups excluding carboxylic acids is 1. The molecule has 2 saturated heterocycles. The van der Waals surface area contributed by atoms with Crippen molar-refractivity contribution in [2.45, 2.75) is 32.6 Å². The summed E-state index contributed by atoms with van der Waals surface area (Å²) in [7, 11) is 0. The van der Waals surface area contributed by atoms with E-state index in [2.05, 4.69) is 47.5 Å². The topological polar surface area (TPSA) is 32.3 Å². The van der Waals surface area contributed by atoms with E-state index in [1.54, 1.807) is 0 Å². The van der Waals surface area contributed by atoms with Crippen LogP contribution in [0, 0.1) is 11.3 Å². The fourth-order valence-electron chi connectivity index (χ4n) is 3.63. The number of aryl methyl sites for hydroxylation is 1. The number of carbonyl (C=O) groups is 1. The van der Waals surface area contributed by atoms with Crippen molar-refractivity contribution in [1.29, 1.82) is 0 Å². The van der Waals surface area contributed by atoms with E-state index in [0.717, 1.165) is 45.4 Å². The van der Waals surface area contributed by atoms with E-state index >= 15 is 0 Å². The monoisotopic (exact) mass is 286 g/mol. The average Bonchev–Trinajstić information content (AvgIpc) is 3.16. The molecule has 2 aliphatic rings. The molecule has 1 aromatic rings. The van der Waals surface area contributed by atoms with E-state index in [0.29, 0.717) is 5.91 Å². The Hall–Kier alpha value is -1.35. The standard InChI is InChI=1S/C18H26N2O/c1-18(9-7-15-5-3-2-4-6-15)10-12-20(14-18)17(21)16-8-11-19-13-16/h2-6,16,19H,7-14H2,1H3. The van der Waals surface area contributed by atoms with Gasteiger partial charge in [-0.3, -0.25) is 4.79 Å². The second-order valence-electron chi connectivity index (χ2n) is 7.00. The maximum absolute atomic E-state index is 12.5. The summed E-state index contributed by atoms with van der Waals surface area (Å²) in [5.41, 5.74) is 1.70. The lowest BCUT2D eigenvalue weighted by Gasteiger charge is -2.26. The first kappa shape index (κ1) is 14.6. The molecule has 2 atom stereocenters. The van der Waals surface area contributed by atoms with Gasteiger partial charge in [0.1, 0.15) is 0 Å². The van der Waals surface area contributed by atoms with Crippen molar-refractivity contribution in [2.75, 3.05) is 26.2 Å². The Morgan fingerprint density at radius 1 is 1.38 bits per heavy atom. The smallest absolute Gasteiger partial charge is 0.227 e. The minimum atomic E-state index is 0.224. The number of hydrogen-bond donors (Lipinski definition) is 1. The van der Waals surface area contributed by atoms with Crippen molar-refractivity contribution in [1.82, 2.24) is 10.2 Å². The zero-order valence-corrected chi connectivity index (χ0v) is 13.0. The van der Waals surface area contributed by atoms with Gasteiger partial charge in [0.15, 0.2) is 0 Å². The van der Waals surface area contributed by atoms with Crippen molar-refractivity contribution in [2.24, 2.45) is 11.3 Å². The van der Waals surface area contributed by atoms with Gasteiger partial charge in [0.05, 0.1) is 5.92 Å². The molecule has 2 heterocycles. The highest BCUT2D eigenvalue weighted by molar-refractivity contribution is 5.79. The van der Waals surface area contributed by atoms with Gasteiger partial charge in [0.25, 0.3) is 0 Å². The highest BCUT2D eigenvalue weighted by Gasteiger charge is 2.38. The Morgan fingerprint density at radius 3 is 2.90 bits per heavy atom. The fourth-order valence-corrected chi connectivity index (χ4v) is 3.63. The second kappa shape index (κ2) is 6.18. The molecule has 0 bridgehead atoms. The first-order valence-electron chi connectivity index (χ1n) is 8.20. The summed E-state index contributed by atoms with van der Waals surface area (Å²) >= 11 is 0. The summed E-state index contributed by atoms with van der Waals surface area (Å²) in [6, 6.07) is 10.7. The number of nitrogens with one attached hydrogen (secondary N) is 1. The number of nitrogens with zero attached hydrogens (tertiary/aromatic N) is 1. The van der Waals surface area contributed by atoms with Crippen LogP contribution in [0.4, 0.5) is 0 Å². The predicted molar refractivity (Wildman–Crippen MR) is 85.0 cm³/mol. The molecule has 2 fully saturated rings. The quantitative estimate of drug-likeness (QED) is 0.922. The molecule has 1 amide bonds. The second-order valence-corrected chi connectivity index (χ2v) is 7.00. The summed E-state index contributed by atoms with van der Waals surface area (Å²) in [4.78, 5) is 14.6. The fraction of sp³-hybridized carbons (Fsp3) is 0.611. The summed E-state index contributed by atoms with van der Waals surface area (Å²) in [5.74, 6) is 0.602. The molecule has 0 spiro atoms. The van der Waals surface area contributed by atoms with Crippen molar-refractivity contribution in [3.05, 3.63) is 35.9 Å². The number of amides is 1. The maximum atomic E-state index is 12.5. The molecule has 0 radical (unpaired) electrons. The van der Waals surface area contributed by atoms with Crippen LogP contribution in [-0.4, -0.2) is 37.0 Å². The van der Waals surface area contributed by atoms with Crippen LogP contribution in [0.25, 0.3) is 0 Å². The Bertz CT molecular complexity index is 481. The van der Waals surface area contributed by atoms with Gasteiger partial charge in [-0.1, -0.05) is 37.3 Å². The molecular formula is C18H26N2O. The third-order valence-corrected chi connectivity index (χ3v) is 5.14. The van der Waals surface area contributed by atoms with E-state index in [1.807, 2.05) is 0 Å². The van der Waals surface area contributed by atoms with Crippen molar-refractivity contribution in [3.63, 3.8) is 0 Å². The van der Waals surface area contributed by atoms with Crippen molar-refractivity contribution in [3.8, 4) is 0 Å². The summed E-state index contributed by atoms with van der Waals surface area (Å²) < 4.78 is 0. The normalized spacial score (nSPS) is 29.0. The highest BCUT2D eigenvalue weighted by Crippen LogP contribution is 2.35. The highest BCUT2D eigenvalue weighted by atomic mass is 16.2. The predicted octanol–water partition coefficient (Wildman–Crippen LogP) is 2.47. The van der Waals surface area contributed by atoms with Crippen LogP contribution < -0.4 is 5.32 Å². The minimum Gasteiger partial charge on any atom is -0.342 e. The number of hydrogen-bond acceptors (Lipinski definition) is 2. The average molecular weight is 286 g/mol. The van der Waals surface area contributed by atoms with Crippen LogP contribution >= 0.6 is 0 Å². The molecule has 2 unspecified atom stereocenters. The van der Waals surface area contributed by atoms with E-state index in [-0.39, 0.29) is 11.3 Å². The van der Waals surface area contributed by atoms with E-state index in [4.69, 9.17) is 0 Å². The zero-order chi connectivity index (χ0) is 14.7. The molecular weight excluding hydrogens is 260 g/mol. The molecule has 3 heteroatoms. The molecule has 3 rings (SSSR count). The molecule has 0 saturated carbocycles. The van der Waals surface area contributed by atoms with Gasteiger partial charge in [-0.25, -0.2) is 0 Å². The van der Waals surface area contributed by atoms with Gasteiger partial charge < -0.3 is 10.2 Å². The van der Waals surface area contributed by atoms with Crippen molar-refractivity contribution < 1.29 is 4.79 Å². The minimum absolute atomic E-state index is 0.224. The van der Waals surface area contributed by atoms with Crippen LogP contribution in [0.3, 0.4) is 0 Å². The Balaban J connectivity index is 1.53. The number of benzene rings is 1. The van der Waals surface area contributed by atoms with Crippen molar-refractivity contribution >= 4 is 5.91 Å². The van der Waals surface area contributed by atoms with Gasteiger partial charge in [0.2, 0.25) is 5.91 Å². The number of rotatable bonds is 4. The van der Waals surface area contributed by atoms with Crippen LogP contribution in [0.1, 0.15) is 31.7 Å². The van der Waals surface area contributed by atoms with Crippen LogP contribution in [0.15, 0.2) is 30.3 Å². The van der Waals surface area contributed by atoms with Gasteiger partial charge in [-0.15, -0.1) is 0 Å². The summed E-state index contributed by atoms with van der Waals surface area (Å²) in [5, 5.41) is 3.30. The van der Waals surface area contributed by atoms with E-state index in [1.165, 1.54) is 12.0 Å².